The number of halogens is 2. The van der Waals surface area contributed by atoms with Crippen molar-refractivity contribution in [2.24, 2.45) is 0 Å². The molecule has 3 aromatic heterocycles. The summed E-state index contributed by atoms with van der Waals surface area (Å²) in [7, 11) is 0. The van der Waals surface area contributed by atoms with E-state index in [0.717, 1.165) is 49.1 Å². The lowest BCUT2D eigenvalue weighted by Gasteiger charge is -2.10. The number of hydrogen-bond acceptors (Lipinski definition) is 5. The first-order valence-electron chi connectivity index (χ1n) is 11.5. The molecule has 8 heteroatoms. The van der Waals surface area contributed by atoms with Gasteiger partial charge < -0.3 is 4.74 Å². The van der Waals surface area contributed by atoms with Crippen molar-refractivity contribution in [2.75, 3.05) is 0 Å². The Labute approximate surface area is 223 Å². The monoisotopic (exact) mass is 528 g/mol. The van der Waals surface area contributed by atoms with Crippen molar-refractivity contribution in [1.29, 1.82) is 0 Å². The highest BCUT2D eigenvalue weighted by Crippen LogP contribution is 2.25. The van der Waals surface area contributed by atoms with E-state index in [4.69, 9.17) is 4.74 Å². The van der Waals surface area contributed by atoms with Gasteiger partial charge in [0, 0.05) is 18.0 Å². The van der Waals surface area contributed by atoms with E-state index in [1.807, 2.05) is 67.6 Å². The topological polar surface area (TPSA) is 52.8 Å². The van der Waals surface area contributed by atoms with E-state index in [9.17, 15) is 4.39 Å². The number of pyridine rings is 1. The van der Waals surface area contributed by atoms with Crippen LogP contribution >= 0.6 is 23.7 Å². The highest BCUT2D eigenvalue weighted by molar-refractivity contribution is 7.19. The number of thiazole rings is 1. The van der Waals surface area contributed by atoms with E-state index in [2.05, 4.69) is 25.6 Å². The maximum atomic E-state index is 13.4. The lowest BCUT2D eigenvalue weighted by molar-refractivity contribution is 0.306. The normalized spacial score (nSPS) is 11.3. The molecule has 0 unspecified atom stereocenters. The van der Waals surface area contributed by atoms with Gasteiger partial charge in [0.2, 0.25) is 0 Å². The van der Waals surface area contributed by atoms with Gasteiger partial charge in [0.25, 0.3) is 0 Å². The zero-order valence-corrected chi connectivity index (χ0v) is 21.5. The lowest BCUT2D eigenvalue weighted by Crippen LogP contribution is -1.98. The molecule has 0 amide bonds. The number of imidazole rings is 1. The van der Waals surface area contributed by atoms with Gasteiger partial charge in [0.05, 0.1) is 21.9 Å². The van der Waals surface area contributed by atoms with Gasteiger partial charge in [0.1, 0.15) is 34.5 Å². The summed E-state index contributed by atoms with van der Waals surface area (Å²) in [5.41, 5.74) is 5.73. The molecule has 0 aliphatic rings. The standard InChI is InChI=1S/C29H21FN4OS.ClH/c1-19-32-26-17-31-14-13-27(26)34(19)23-7-9-24(10-8-23)35-18-21-4-2-3-20(15-21)5-12-29-33-25-16-22(30)6-11-28(25)36-29;/h2-17H,18H2,1H3;1H. The van der Waals surface area contributed by atoms with Gasteiger partial charge in [-0.15, -0.1) is 23.7 Å². The highest BCUT2D eigenvalue weighted by atomic mass is 35.5. The number of aryl methyl sites for hydroxylation is 1. The van der Waals surface area contributed by atoms with Crippen molar-refractivity contribution < 1.29 is 9.13 Å². The molecule has 0 aliphatic heterocycles. The predicted molar refractivity (Wildman–Crippen MR) is 150 cm³/mol. The summed E-state index contributed by atoms with van der Waals surface area (Å²) in [6, 6.07) is 22.9. The van der Waals surface area contributed by atoms with Gasteiger partial charge in [-0.1, -0.05) is 24.3 Å². The van der Waals surface area contributed by atoms with Crippen molar-refractivity contribution in [3.8, 4) is 11.4 Å². The zero-order valence-electron chi connectivity index (χ0n) is 19.8. The quantitative estimate of drug-likeness (QED) is 0.223. The van der Waals surface area contributed by atoms with Crippen LogP contribution in [0.25, 0.3) is 39.1 Å². The van der Waals surface area contributed by atoms with Crippen LogP contribution < -0.4 is 4.74 Å². The van der Waals surface area contributed by atoms with Crippen molar-refractivity contribution in [3.05, 3.63) is 113 Å². The third kappa shape index (κ3) is 5.23. The van der Waals surface area contributed by atoms with Gasteiger partial charge in [-0.2, -0.15) is 0 Å². The first kappa shape index (κ1) is 24.6. The molecule has 0 saturated carbocycles. The number of fused-ring (bicyclic) bond motifs is 2. The molecule has 5 nitrogen and oxygen atoms in total. The first-order chi connectivity index (χ1) is 17.6. The Morgan fingerprint density at radius 3 is 2.68 bits per heavy atom. The molecule has 37 heavy (non-hydrogen) atoms. The Hall–Kier alpha value is -4.07. The van der Waals surface area contributed by atoms with Crippen LogP contribution in [0, 0.1) is 12.7 Å². The summed E-state index contributed by atoms with van der Waals surface area (Å²) in [5.74, 6) is 1.44. The first-order valence-corrected chi connectivity index (χ1v) is 12.3. The van der Waals surface area contributed by atoms with E-state index >= 15 is 0 Å². The van der Waals surface area contributed by atoms with Crippen LogP contribution in [0.1, 0.15) is 22.0 Å². The fourth-order valence-corrected chi connectivity index (χ4v) is 5.03. The molecule has 0 spiro atoms. The third-order valence-electron chi connectivity index (χ3n) is 5.86. The van der Waals surface area contributed by atoms with E-state index < -0.39 is 0 Å². The van der Waals surface area contributed by atoms with Crippen molar-refractivity contribution in [2.45, 2.75) is 13.5 Å². The van der Waals surface area contributed by atoms with Crippen LogP contribution in [-0.4, -0.2) is 19.5 Å². The number of aromatic nitrogens is 4. The summed E-state index contributed by atoms with van der Waals surface area (Å²) in [6.07, 6.45) is 7.53. The molecule has 0 fully saturated rings. The molecular weight excluding hydrogens is 507 g/mol. The second kappa shape index (κ2) is 10.5. The molecule has 0 N–H and O–H groups in total. The van der Waals surface area contributed by atoms with Crippen LogP contribution in [0.2, 0.25) is 0 Å². The van der Waals surface area contributed by atoms with E-state index in [0.29, 0.717) is 12.1 Å². The third-order valence-corrected chi connectivity index (χ3v) is 6.86. The fraction of sp³-hybridized carbons (Fsp3) is 0.0690. The Morgan fingerprint density at radius 2 is 1.81 bits per heavy atom. The second-order valence-electron chi connectivity index (χ2n) is 8.38. The van der Waals surface area contributed by atoms with E-state index in [1.54, 1.807) is 29.8 Å². The maximum absolute atomic E-state index is 13.4. The summed E-state index contributed by atoms with van der Waals surface area (Å²) < 4.78 is 22.5. The highest BCUT2D eigenvalue weighted by Gasteiger charge is 2.09. The average molecular weight is 529 g/mol. The molecule has 3 aromatic carbocycles. The molecule has 0 aliphatic carbocycles. The number of nitrogens with zero attached hydrogens (tertiary/aromatic N) is 4. The van der Waals surface area contributed by atoms with Crippen LogP contribution in [-0.2, 0) is 6.61 Å². The van der Waals surface area contributed by atoms with Crippen molar-refractivity contribution in [3.63, 3.8) is 0 Å². The Kier molecular flexibility index (Phi) is 6.99. The molecule has 0 saturated heterocycles. The molecule has 6 aromatic rings. The van der Waals surface area contributed by atoms with Gasteiger partial charge in [-0.3, -0.25) is 9.55 Å². The van der Waals surface area contributed by atoms with E-state index in [1.165, 1.54) is 12.1 Å². The smallest absolute Gasteiger partial charge is 0.125 e. The van der Waals surface area contributed by atoms with Crippen LogP contribution in [0.4, 0.5) is 4.39 Å². The molecular formula is C29H22ClFN4OS. The maximum Gasteiger partial charge on any atom is 0.125 e. The molecule has 6 rings (SSSR count). The van der Waals surface area contributed by atoms with Crippen LogP contribution in [0.15, 0.2) is 85.2 Å². The summed E-state index contributed by atoms with van der Waals surface area (Å²) in [4.78, 5) is 13.2. The van der Waals surface area contributed by atoms with Crippen molar-refractivity contribution in [1.82, 2.24) is 19.5 Å². The predicted octanol–water partition coefficient (Wildman–Crippen LogP) is 7.65. The van der Waals surface area contributed by atoms with Gasteiger partial charge in [0.15, 0.2) is 0 Å². The molecule has 0 radical (unpaired) electrons. The summed E-state index contributed by atoms with van der Waals surface area (Å²) in [6.45, 7) is 2.45. The number of hydrogen-bond donors (Lipinski definition) is 0. The molecule has 0 bridgehead atoms. The number of rotatable bonds is 6. The van der Waals surface area contributed by atoms with Gasteiger partial charge in [-0.05, 0) is 72.7 Å². The number of benzene rings is 3. The van der Waals surface area contributed by atoms with Gasteiger partial charge in [-0.25, -0.2) is 14.4 Å². The fourth-order valence-electron chi connectivity index (χ4n) is 4.18. The minimum atomic E-state index is -0.270. The molecule has 3 heterocycles. The minimum absolute atomic E-state index is 0. The SMILES string of the molecule is Cc1nc2cnccc2n1-c1ccc(OCc2cccc(C=Cc3nc4cc(F)ccc4s3)c2)cc1.Cl. The lowest BCUT2D eigenvalue weighted by atomic mass is 10.1. The second-order valence-corrected chi connectivity index (χ2v) is 9.45. The summed E-state index contributed by atoms with van der Waals surface area (Å²) in [5, 5.41) is 0.842. The minimum Gasteiger partial charge on any atom is -0.489 e. The molecule has 184 valence electrons. The van der Waals surface area contributed by atoms with Crippen molar-refractivity contribution >= 4 is 57.1 Å². The number of ether oxygens (including phenoxy) is 1. The Balaban J connectivity index is 0.00000280. The molecule has 0 atom stereocenters. The van der Waals surface area contributed by atoms with Gasteiger partial charge >= 0.3 is 0 Å². The zero-order chi connectivity index (χ0) is 24.5. The van der Waals surface area contributed by atoms with E-state index in [-0.39, 0.29) is 18.2 Å². The average Bonchev–Trinajstić information content (AvgIpc) is 3.46. The summed E-state index contributed by atoms with van der Waals surface area (Å²) >= 11 is 1.54. The largest absolute Gasteiger partial charge is 0.489 e. The van der Waals surface area contributed by atoms with Crippen LogP contribution in [0.3, 0.4) is 0 Å². The Bertz CT molecular complexity index is 1730. The Morgan fingerprint density at radius 1 is 0.946 bits per heavy atom. The van der Waals surface area contributed by atoms with Crippen LogP contribution in [0.5, 0.6) is 5.75 Å².